The molecule has 0 spiro atoms. The van der Waals surface area contributed by atoms with E-state index in [-0.39, 0.29) is 35.2 Å². The highest BCUT2D eigenvalue weighted by Gasteiger charge is 2.27. The van der Waals surface area contributed by atoms with Crippen LogP contribution < -0.4 is 9.64 Å². The van der Waals surface area contributed by atoms with Gasteiger partial charge in [-0.2, -0.15) is 0 Å². The number of benzene rings is 1. The van der Waals surface area contributed by atoms with Gasteiger partial charge in [0.25, 0.3) is 5.69 Å². The number of carbonyl (C=O) groups excluding carboxylic acids is 2. The molecular weight excluding hydrogens is 394 g/mol. The number of amides is 1. The maximum Gasteiger partial charge on any atom is 0.414 e. The van der Waals surface area contributed by atoms with Gasteiger partial charge in [0.15, 0.2) is 0 Å². The molecule has 1 aromatic heterocycles. The first-order chi connectivity index (χ1) is 14.0. The molecule has 2 rings (SSSR count). The van der Waals surface area contributed by atoms with Crippen LogP contribution in [0.15, 0.2) is 36.5 Å². The fourth-order valence-electron chi connectivity index (χ4n) is 2.37. The number of carbonyl (C=O) groups is 2. The summed E-state index contributed by atoms with van der Waals surface area (Å²) in [4.78, 5) is 40.3. The van der Waals surface area contributed by atoms with E-state index in [1.54, 1.807) is 33.8 Å². The highest BCUT2D eigenvalue weighted by molar-refractivity contribution is 5.92. The second-order valence-electron chi connectivity index (χ2n) is 7.13. The van der Waals surface area contributed by atoms with Gasteiger partial charge < -0.3 is 14.2 Å². The zero-order chi connectivity index (χ0) is 22.5. The lowest BCUT2D eigenvalue weighted by atomic mass is 10.2. The van der Waals surface area contributed by atoms with Crippen LogP contribution in [0.25, 0.3) is 0 Å². The summed E-state index contributed by atoms with van der Waals surface area (Å²) in [7, 11) is 1.35. The quantitative estimate of drug-likeness (QED) is 0.387. The summed E-state index contributed by atoms with van der Waals surface area (Å²) in [6.45, 7) is 6.90. The monoisotopic (exact) mass is 417 g/mol. The third-order valence-corrected chi connectivity index (χ3v) is 3.65. The number of aromatic nitrogens is 1. The molecule has 0 fully saturated rings. The summed E-state index contributed by atoms with van der Waals surface area (Å²) < 4.78 is 15.9. The third kappa shape index (κ3) is 5.66. The van der Waals surface area contributed by atoms with Crippen LogP contribution in [-0.2, 0) is 9.47 Å². The van der Waals surface area contributed by atoms with Gasteiger partial charge in [0.05, 0.1) is 11.5 Å². The summed E-state index contributed by atoms with van der Waals surface area (Å²) in [6, 6.07) is 6.87. The van der Waals surface area contributed by atoms with Crippen molar-refractivity contribution >= 4 is 23.4 Å². The molecule has 1 amide bonds. The van der Waals surface area contributed by atoms with E-state index in [2.05, 4.69) is 4.98 Å². The molecule has 0 atom stereocenters. The molecule has 10 nitrogen and oxygen atoms in total. The fraction of sp³-hybridized carbons (Fsp3) is 0.350. The van der Waals surface area contributed by atoms with Gasteiger partial charge in [0.2, 0.25) is 5.88 Å². The number of hydrogen-bond acceptors (Lipinski definition) is 8. The smallest absolute Gasteiger partial charge is 0.414 e. The third-order valence-electron chi connectivity index (χ3n) is 3.65. The van der Waals surface area contributed by atoms with Gasteiger partial charge in [-0.3, -0.25) is 15.0 Å². The molecule has 0 unspecified atom stereocenters. The molecule has 0 aliphatic carbocycles. The lowest BCUT2D eigenvalue weighted by Crippen LogP contribution is -2.34. The molecule has 160 valence electrons. The highest BCUT2D eigenvalue weighted by atomic mass is 16.6. The summed E-state index contributed by atoms with van der Waals surface area (Å²) >= 11 is 0. The Labute approximate surface area is 173 Å². The van der Waals surface area contributed by atoms with Crippen molar-refractivity contribution in [3.05, 3.63) is 52.2 Å². The molecule has 30 heavy (non-hydrogen) atoms. The molecule has 0 N–H and O–H groups in total. The molecule has 0 aliphatic rings. The average molecular weight is 417 g/mol. The van der Waals surface area contributed by atoms with Gasteiger partial charge in [-0.15, -0.1) is 0 Å². The molecule has 2 aromatic rings. The Hall–Kier alpha value is -3.69. The van der Waals surface area contributed by atoms with E-state index in [4.69, 9.17) is 14.2 Å². The lowest BCUT2D eigenvalue weighted by Gasteiger charge is -2.24. The highest BCUT2D eigenvalue weighted by Crippen LogP contribution is 2.34. The normalized spacial score (nSPS) is 10.8. The van der Waals surface area contributed by atoms with Crippen LogP contribution in [0.4, 0.5) is 16.2 Å². The summed E-state index contributed by atoms with van der Waals surface area (Å²) in [5, 5.41) is 11.4. The van der Waals surface area contributed by atoms with Gasteiger partial charge in [0.1, 0.15) is 22.6 Å². The fourth-order valence-corrected chi connectivity index (χ4v) is 2.37. The minimum Gasteiger partial charge on any atom is -0.462 e. The molecular formula is C20H23N3O7. The Balaban J connectivity index is 2.41. The summed E-state index contributed by atoms with van der Waals surface area (Å²) in [6.07, 6.45) is 0.657. The van der Waals surface area contributed by atoms with Crippen molar-refractivity contribution in [2.45, 2.75) is 33.3 Å². The van der Waals surface area contributed by atoms with Crippen molar-refractivity contribution in [1.82, 2.24) is 4.98 Å². The van der Waals surface area contributed by atoms with Crippen LogP contribution in [-0.4, -0.2) is 41.2 Å². The Morgan fingerprint density at radius 1 is 1.23 bits per heavy atom. The molecule has 0 radical (unpaired) electrons. The predicted molar refractivity (Wildman–Crippen MR) is 108 cm³/mol. The lowest BCUT2D eigenvalue weighted by molar-refractivity contribution is -0.384. The van der Waals surface area contributed by atoms with Crippen LogP contribution in [0.2, 0.25) is 0 Å². The number of rotatable bonds is 6. The van der Waals surface area contributed by atoms with Gasteiger partial charge >= 0.3 is 12.1 Å². The summed E-state index contributed by atoms with van der Waals surface area (Å²) in [5.74, 6) is -0.514. The number of pyridine rings is 1. The molecule has 1 heterocycles. The number of esters is 1. The van der Waals surface area contributed by atoms with E-state index in [1.165, 1.54) is 37.5 Å². The molecule has 0 aliphatic heterocycles. The number of nitro benzene ring substituents is 1. The van der Waals surface area contributed by atoms with Gasteiger partial charge in [-0.1, -0.05) is 0 Å². The number of nitro groups is 1. The van der Waals surface area contributed by atoms with Gasteiger partial charge in [-0.05, 0) is 45.9 Å². The number of ether oxygens (including phenoxy) is 3. The van der Waals surface area contributed by atoms with Gasteiger partial charge in [0, 0.05) is 25.4 Å². The molecule has 0 saturated carbocycles. The Morgan fingerprint density at radius 3 is 2.53 bits per heavy atom. The number of hydrogen-bond donors (Lipinski definition) is 0. The van der Waals surface area contributed by atoms with E-state index in [0.29, 0.717) is 0 Å². The van der Waals surface area contributed by atoms with Crippen molar-refractivity contribution < 1.29 is 28.7 Å². The van der Waals surface area contributed by atoms with E-state index in [0.717, 1.165) is 4.90 Å². The van der Waals surface area contributed by atoms with E-state index >= 15 is 0 Å². The SMILES string of the molecule is CCOC(=O)c1cccnc1Oc1ccc([N+](=O)[O-])c(N(C)C(=O)OC(C)(C)C)c1. The first kappa shape index (κ1) is 22.6. The zero-order valence-electron chi connectivity index (χ0n) is 17.4. The minimum atomic E-state index is -0.781. The average Bonchev–Trinajstić information content (AvgIpc) is 2.66. The van der Waals surface area contributed by atoms with Crippen molar-refractivity contribution in [3.63, 3.8) is 0 Å². The largest absolute Gasteiger partial charge is 0.462 e. The van der Waals surface area contributed by atoms with Crippen molar-refractivity contribution in [3.8, 4) is 11.6 Å². The van der Waals surface area contributed by atoms with Gasteiger partial charge in [-0.25, -0.2) is 14.6 Å². The van der Waals surface area contributed by atoms with Crippen molar-refractivity contribution in [2.24, 2.45) is 0 Å². The first-order valence-corrected chi connectivity index (χ1v) is 9.08. The maximum atomic E-state index is 12.4. The van der Waals surface area contributed by atoms with Crippen molar-refractivity contribution in [1.29, 1.82) is 0 Å². The second-order valence-corrected chi connectivity index (χ2v) is 7.13. The Bertz CT molecular complexity index is 954. The number of nitrogens with zero attached hydrogens (tertiary/aromatic N) is 3. The van der Waals surface area contributed by atoms with E-state index < -0.39 is 22.6 Å². The molecule has 0 saturated heterocycles. The predicted octanol–water partition coefficient (Wildman–Crippen LogP) is 4.33. The van der Waals surface area contributed by atoms with Crippen LogP contribution in [0.5, 0.6) is 11.6 Å². The topological polar surface area (TPSA) is 121 Å². The molecule has 0 bridgehead atoms. The van der Waals surface area contributed by atoms with Crippen LogP contribution in [0, 0.1) is 10.1 Å². The van der Waals surface area contributed by atoms with Crippen molar-refractivity contribution in [2.75, 3.05) is 18.6 Å². The van der Waals surface area contributed by atoms with Crippen LogP contribution in [0.1, 0.15) is 38.1 Å². The van der Waals surface area contributed by atoms with E-state index in [1.807, 2.05) is 0 Å². The number of anilines is 1. The first-order valence-electron chi connectivity index (χ1n) is 9.08. The second kappa shape index (κ2) is 9.21. The Morgan fingerprint density at radius 2 is 1.93 bits per heavy atom. The standard InChI is InChI=1S/C20H23N3O7/c1-6-28-18(24)14-8-7-11-21-17(14)29-13-9-10-15(23(26)27)16(12-13)22(5)19(25)30-20(2,3)4/h7-12H,6H2,1-5H3. The maximum absolute atomic E-state index is 12.4. The Kier molecular flexibility index (Phi) is 6.93. The molecule has 10 heteroatoms. The van der Waals surface area contributed by atoms with E-state index in [9.17, 15) is 19.7 Å². The zero-order valence-corrected chi connectivity index (χ0v) is 17.4. The summed E-state index contributed by atoms with van der Waals surface area (Å²) in [5.41, 5.74) is -1.04. The van der Waals surface area contributed by atoms with Crippen LogP contribution >= 0.6 is 0 Å². The molecule has 1 aromatic carbocycles. The van der Waals surface area contributed by atoms with Crippen LogP contribution in [0.3, 0.4) is 0 Å². The minimum absolute atomic E-state index is 0.0318.